The second kappa shape index (κ2) is 4.31. The average Bonchev–Trinajstić information content (AvgIpc) is 2.63. The highest BCUT2D eigenvalue weighted by Gasteiger charge is 2.25. The molecule has 15 heavy (non-hydrogen) atoms. The second-order valence-electron chi connectivity index (χ2n) is 4.37. The van der Waals surface area contributed by atoms with Crippen molar-refractivity contribution in [1.29, 1.82) is 0 Å². The molecule has 0 aromatic heterocycles. The summed E-state index contributed by atoms with van der Waals surface area (Å²) in [6, 6.07) is 6.27. The fourth-order valence-corrected chi connectivity index (χ4v) is 2.24. The lowest BCUT2D eigenvalue weighted by molar-refractivity contribution is 0.445. The zero-order valence-corrected chi connectivity index (χ0v) is 9.39. The van der Waals surface area contributed by atoms with Gasteiger partial charge >= 0.3 is 0 Å². The van der Waals surface area contributed by atoms with Crippen LogP contribution in [-0.4, -0.2) is 6.04 Å². The van der Waals surface area contributed by atoms with Crippen molar-refractivity contribution >= 4 is 0 Å². The summed E-state index contributed by atoms with van der Waals surface area (Å²) < 4.78 is 13.5. The molecule has 0 saturated carbocycles. The van der Waals surface area contributed by atoms with Gasteiger partial charge in [-0.05, 0) is 43.4 Å². The van der Waals surface area contributed by atoms with E-state index in [-0.39, 0.29) is 5.82 Å². The summed E-state index contributed by atoms with van der Waals surface area (Å²) in [6.45, 7) is 4.34. The molecule has 1 nitrogen and oxygen atoms in total. The first-order valence-electron chi connectivity index (χ1n) is 5.75. The maximum atomic E-state index is 13.5. The van der Waals surface area contributed by atoms with Gasteiger partial charge in [0, 0.05) is 12.1 Å². The quantitative estimate of drug-likeness (QED) is 0.802. The first-order chi connectivity index (χ1) is 7.22. The van der Waals surface area contributed by atoms with Gasteiger partial charge in [-0.1, -0.05) is 19.1 Å². The molecular weight excluding hydrogens is 189 g/mol. The van der Waals surface area contributed by atoms with Crippen LogP contribution in [0.2, 0.25) is 0 Å². The van der Waals surface area contributed by atoms with Crippen LogP contribution in [0.3, 0.4) is 0 Å². The van der Waals surface area contributed by atoms with Gasteiger partial charge in [0.15, 0.2) is 0 Å². The Bertz CT molecular complexity index is 348. The van der Waals surface area contributed by atoms with E-state index in [9.17, 15) is 4.39 Å². The highest BCUT2D eigenvalue weighted by Crippen LogP contribution is 2.32. The van der Waals surface area contributed by atoms with E-state index in [2.05, 4.69) is 19.2 Å². The largest absolute Gasteiger partial charge is 0.307 e. The van der Waals surface area contributed by atoms with Crippen molar-refractivity contribution in [2.45, 2.75) is 45.2 Å². The topological polar surface area (TPSA) is 12.0 Å². The number of halogens is 1. The van der Waals surface area contributed by atoms with Crippen LogP contribution in [0.1, 0.15) is 43.9 Å². The number of benzene rings is 1. The van der Waals surface area contributed by atoms with Crippen molar-refractivity contribution in [1.82, 2.24) is 5.32 Å². The molecule has 0 spiro atoms. The maximum Gasteiger partial charge on any atom is 0.126 e. The predicted octanol–water partition coefficient (Wildman–Crippen LogP) is 3.20. The summed E-state index contributed by atoms with van der Waals surface area (Å²) >= 11 is 0. The van der Waals surface area contributed by atoms with E-state index in [1.54, 1.807) is 6.07 Å². The van der Waals surface area contributed by atoms with Gasteiger partial charge in [-0.2, -0.15) is 0 Å². The zero-order chi connectivity index (χ0) is 10.8. The van der Waals surface area contributed by atoms with E-state index < -0.39 is 0 Å². The van der Waals surface area contributed by atoms with Gasteiger partial charge in [0.2, 0.25) is 0 Å². The minimum Gasteiger partial charge on any atom is -0.307 e. The van der Waals surface area contributed by atoms with E-state index in [1.807, 2.05) is 12.1 Å². The first kappa shape index (κ1) is 10.6. The standard InChI is InChI=1S/C13H18FN/c1-3-9(2)15-13-8-7-10-11(13)5-4-6-12(10)14/h4-6,9,13,15H,3,7-8H2,1-2H3. The summed E-state index contributed by atoms with van der Waals surface area (Å²) in [4.78, 5) is 0. The zero-order valence-electron chi connectivity index (χ0n) is 9.39. The van der Waals surface area contributed by atoms with Crippen LogP contribution in [-0.2, 0) is 6.42 Å². The van der Waals surface area contributed by atoms with Crippen LogP contribution in [0, 0.1) is 5.82 Å². The Kier molecular flexibility index (Phi) is 3.06. The Labute approximate surface area is 90.7 Å². The van der Waals surface area contributed by atoms with Crippen LogP contribution < -0.4 is 5.32 Å². The minimum atomic E-state index is -0.0408. The fourth-order valence-electron chi connectivity index (χ4n) is 2.24. The van der Waals surface area contributed by atoms with Gasteiger partial charge in [-0.25, -0.2) is 4.39 Å². The van der Waals surface area contributed by atoms with Crippen molar-refractivity contribution < 1.29 is 4.39 Å². The van der Waals surface area contributed by atoms with Crippen LogP contribution in [0.25, 0.3) is 0 Å². The Morgan fingerprint density at radius 1 is 1.53 bits per heavy atom. The molecular formula is C13H18FN. The summed E-state index contributed by atoms with van der Waals surface area (Å²) in [5.41, 5.74) is 2.08. The van der Waals surface area contributed by atoms with Gasteiger partial charge in [0.1, 0.15) is 5.82 Å². The molecule has 0 amide bonds. The summed E-state index contributed by atoms with van der Waals surface area (Å²) in [7, 11) is 0. The van der Waals surface area contributed by atoms with E-state index in [0.717, 1.165) is 30.4 Å². The molecule has 1 aliphatic carbocycles. The Hall–Kier alpha value is -0.890. The Morgan fingerprint density at radius 2 is 2.33 bits per heavy atom. The maximum absolute atomic E-state index is 13.5. The average molecular weight is 207 g/mol. The molecule has 0 bridgehead atoms. The van der Waals surface area contributed by atoms with Crippen molar-refractivity contribution in [3.05, 3.63) is 35.1 Å². The van der Waals surface area contributed by atoms with Crippen LogP contribution >= 0.6 is 0 Å². The number of hydrogen-bond donors (Lipinski definition) is 1. The van der Waals surface area contributed by atoms with E-state index in [4.69, 9.17) is 0 Å². The third-order valence-corrected chi connectivity index (χ3v) is 3.31. The molecule has 1 aromatic carbocycles. The smallest absolute Gasteiger partial charge is 0.126 e. The van der Waals surface area contributed by atoms with Crippen molar-refractivity contribution in [2.24, 2.45) is 0 Å². The molecule has 0 saturated heterocycles. The first-order valence-corrected chi connectivity index (χ1v) is 5.75. The fraction of sp³-hybridized carbons (Fsp3) is 0.538. The van der Waals surface area contributed by atoms with Crippen LogP contribution in [0.5, 0.6) is 0 Å². The summed E-state index contributed by atoms with van der Waals surface area (Å²) in [6.07, 6.45) is 3.01. The number of rotatable bonds is 3. The van der Waals surface area contributed by atoms with Crippen LogP contribution in [0.15, 0.2) is 18.2 Å². The molecule has 1 aromatic rings. The molecule has 0 aliphatic heterocycles. The molecule has 2 heteroatoms. The lowest BCUT2D eigenvalue weighted by Gasteiger charge is -2.19. The van der Waals surface area contributed by atoms with Crippen molar-refractivity contribution in [3.63, 3.8) is 0 Å². The summed E-state index contributed by atoms with van der Waals surface area (Å²) in [5.74, 6) is -0.0408. The van der Waals surface area contributed by atoms with Gasteiger partial charge in [-0.3, -0.25) is 0 Å². The van der Waals surface area contributed by atoms with E-state index in [1.165, 1.54) is 0 Å². The van der Waals surface area contributed by atoms with Crippen LogP contribution in [0.4, 0.5) is 4.39 Å². The molecule has 0 radical (unpaired) electrons. The number of nitrogens with one attached hydrogen (secondary N) is 1. The molecule has 1 aliphatic rings. The normalized spacial score (nSPS) is 21.4. The highest BCUT2D eigenvalue weighted by atomic mass is 19.1. The predicted molar refractivity (Wildman–Crippen MR) is 60.4 cm³/mol. The van der Waals surface area contributed by atoms with E-state index >= 15 is 0 Å². The second-order valence-corrected chi connectivity index (χ2v) is 4.37. The third-order valence-electron chi connectivity index (χ3n) is 3.31. The Morgan fingerprint density at radius 3 is 3.07 bits per heavy atom. The molecule has 0 fully saturated rings. The monoisotopic (exact) mass is 207 g/mol. The highest BCUT2D eigenvalue weighted by molar-refractivity contribution is 5.35. The molecule has 2 atom stereocenters. The van der Waals surface area contributed by atoms with E-state index in [0.29, 0.717) is 12.1 Å². The molecule has 0 heterocycles. The lowest BCUT2D eigenvalue weighted by atomic mass is 10.1. The lowest BCUT2D eigenvalue weighted by Crippen LogP contribution is -2.28. The number of hydrogen-bond acceptors (Lipinski definition) is 1. The number of fused-ring (bicyclic) bond motifs is 1. The minimum absolute atomic E-state index is 0.0408. The summed E-state index contributed by atoms with van der Waals surface area (Å²) in [5, 5.41) is 3.55. The van der Waals surface area contributed by atoms with Crippen molar-refractivity contribution in [2.75, 3.05) is 0 Å². The van der Waals surface area contributed by atoms with Gasteiger partial charge in [-0.15, -0.1) is 0 Å². The van der Waals surface area contributed by atoms with Gasteiger partial charge < -0.3 is 5.32 Å². The molecule has 1 N–H and O–H groups in total. The Balaban J connectivity index is 2.18. The SMILES string of the molecule is CCC(C)NC1CCc2c(F)cccc21. The van der Waals surface area contributed by atoms with Crippen molar-refractivity contribution in [3.8, 4) is 0 Å². The van der Waals surface area contributed by atoms with Gasteiger partial charge in [0.05, 0.1) is 0 Å². The molecule has 2 rings (SSSR count). The third kappa shape index (κ3) is 2.05. The molecule has 82 valence electrons. The molecule has 2 unspecified atom stereocenters. The van der Waals surface area contributed by atoms with Gasteiger partial charge in [0.25, 0.3) is 0 Å².